The Morgan fingerprint density at radius 2 is 2.39 bits per heavy atom. The molecule has 1 aromatic heterocycles. The van der Waals surface area contributed by atoms with Crippen molar-refractivity contribution in [3.8, 4) is 11.8 Å². The van der Waals surface area contributed by atoms with Gasteiger partial charge in [0.15, 0.2) is 0 Å². The first-order chi connectivity index (χ1) is 8.50. The fraction of sp³-hybridized carbons (Fsp3) is 0.273. The van der Waals surface area contributed by atoms with Crippen LogP contribution in [0.1, 0.15) is 18.9 Å². The summed E-state index contributed by atoms with van der Waals surface area (Å²) in [5, 5.41) is 13.2. The van der Waals surface area contributed by atoms with Crippen molar-refractivity contribution in [3.05, 3.63) is 33.1 Å². The quantitative estimate of drug-likeness (QED) is 0.296. The Balaban J connectivity index is 2.71. The summed E-state index contributed by atoms with van der Waals surface area (Å²) in [6.07, 6.45) is 1.50. The molecule has 0 aliphatic rings. The number of rotatable bonds is 3. The van der Waals surface area contributed by atoms with Crippen LogP contribution in [0.5, 0.6) is 0 Å². The van der Waals surface area contributed by atoms with Gasteiger partial charge in [-0.2, -0.15) is 0 Å². The molecule has 0 aliphatic heterocycles. The van der Waals surface area contributed by atoms with Crippen LogP contribution in [-0.4, -0.2) is 22.4 Å². The van der Waals surface area contributed by atoms with Crippen molar-refractivity contribution in [1.29, 1.82) is 0 Å². The van der Waals surface area contributed by atoms with Crippen LogP contribution in [0.15, 0.2) is 12.3 Å². The molecule has 1 aromatic rings. The zero-order valence-corrected chi connectivity index (χ0v) is 10.3. The van der Waals surface area contributed by atoms with E-state index in [2.05, 4.69) is 22.1 Å². The molecule has 1 rings (SSSR count). The van der Waals surface area contributed by atoms with E-state index in [1.165, 1.54) is 13.0 Å². The molecule has 7 heteroatoms. The lowest BCUT2D eigenvalue weighted by Gasteiger charge is -1.96. The molecule has 0 aliphatic carbocycles. The van der Waals surface area contributed by atoms with E-state index < -0.39 is 4.92 Å². The smallest absolute Gasteiger partial charge is 0.288 e. The van der Waals surface area contributed by atoms with Gasteiger partial charge >= 0.3 is 0 Å². The Kier molecular flexibility index (Phi) is 5.08. The summed E-state index contributed by atoms with van der Waals surface area (Å²) in [6, 6.07) is 1.26. The van der Waals surface area contributed by atoms with E-state index in [0.717, 1.165) is 6.20 Å². The van der Waals surface area contributed by atoms with Crippen LogP contribution in [0.25, 0.3) is 0 Å². The minimum atomic E-state index is -0.564. The van der Waals surface area contributed by atoms with Crippen LogP contribution >= 0.6 is 11.6 Å². The van der Waals surface area contributed by atoms with Crippen molar-refractivity contribution in [2.75, 3.05) is 6.54 Å². The van der Waals surface area contributed by atoms with Gasteiger partial charge in [-0.1, -0.05) is 23.4 Å². The molecule has 1 heterocycles. The standard InChI is InChI=1S/C11H10ClN3O3/c1-8(16)13-5-3-2-4-9-6-10(15(17)18)7-14-11(9)12/h6-7H,3,5H2,1H3,(H,13,16). The average Bonchev–Trinajstić information content (AvgIpc) is 2.30. The summed E-state index contributed by atoms with van der Waals surface area (Å²) in [5.41, 5.74) is 0.138. The first-order valence-corrected chi connectivity index (χ1v) is 5.41. The summed E-state index contributed by atoms with van der Waals surface area (Å²) in [4.78, 5) is 24.2. The number of nitrogens with zero attached hydrogens (tertiary/aromatic N) is 2. The van der Waals surface area contributed by atoms with Gasteiger partial charge in [0.25, 0.3) is 5.69 Å². The van der Waals surface area contributed by atoms with Gasteiger partial charge in [-0.05, 0) is 0 Å². The highest BCUT2D eigenvalue weighted by atomic mass is 35.5. The topological polar surface area (TPSA) is 85.1 Å². The largest absolute Gasteiger partial charge is 0.355 e. The van der Waals surface area contributed by atoms with E-state index in [0.29, 0.717) is 18.5 Å². The second-order valence-electron chi connectivity index (χ2n) is 3.32. The fourth-order valence-electron chi connectivity index (χ4n) is 1.08. The van der Waals surface area contributed by atoms with Gasteiger partial charge in [-0.3, -0.25) is 14.9 Å². The predicted molar refractivity (Wildman–Crippen MR) is 66.1 cm³/mol. The molecule has 0 radical (unpaired) electrons. The molecule has 0 unspecified atom stereocenters. The number of carbonyl (C=O) groups is 1. The highest BCUT2D eigenvalue weighted by Gasteiger charge is 2.09. The molecule has 0 bridgehead atoms. The molecule has 0 fully saturated rings. The SMILES string of the molecule is CC(=O)NCCC#Cc1cc([N+](=O)[O-])cnc1Cl. The van der Waals surface area contributed by atoms with Crippen LogP contribution in [0.4, 0.5) is 5.69 Å². The van der Waals surface area contributed by atoms with Gasteiger partial charge in [0.05, 0.1) is 10.5 Å². The van der Waals surface area contributed by atoms with Crippen LogP contribution in [0.2, 0.25) is 5.15 Å². The third-order valence-electron chi connectivity index (χ3n) is 1.88. The summed E-state index contributed by atoms with van der Waals surface area (Å²) < 4.78 is 0. The highest BCUT2D eigenvalue weighted by molar-refractivity contribution is 6.30. The maximum Gasteiger partial charge on any atom is 0.288 e. The number of carbonyl (C=O) groups excluding carboxylic acids is 1. The maximum absolute atomic E-state index is 10.6. The van der Waals surface area contributed by atoms with Gasteiger partial charge in [-0.15, -0.1) is 0 Å². The van der Waals surface area contributed by atoms with Gasteiger partial charge in [0, 0.05) is 26.0 Å². The van der Waals surface area contributed by atoms with Crippen LogP contribution in [-0.2, 0) is 4.79 Å². The highest BCUT2D eigenvalue weighted by Crippen LogP contribution is 2.17. The van der Waals surface area contributed by atoms with Crippen LogP contribution < -0.4 is 5.32 Å². The lowest BCUT2D eigenvalue weighted by atomic mass is 10.2. The monoisotopic (exact) mass is 267 g/mol. The first kappa shape index (κ1) is 13.9. The minimum Gasteiger partial charge on any atom is -0.355 e. The first-order valence-electron chi connectivity index (χ1n) is 5.04. The van der Waals surface area contributed by atoms with Crippen molar-refractivity contribution in [1.82, 2.24) is 10.3 Å². The number of aromatic nitrogens is 1. The number of amides is 1. The molecular weight excluding hydrogens is 258 g/mol. The van der Waals surface area contributed by atoms with E-state index in [1.54, 1.807) is 0 Å². The van der Waals surface area contributed by atoms with Crippen molar-refractivity contribution in [2.45, 2.75) is 13.3 Å². The molecular formula is C11H10ClN3O3. The molecule has 0 aromatic carbocycles. The molecule has 1 N–H and O–H groups in total. The number of nitrogens with one attached hydrogen (secondary N) is 1. The Labute approximate surface area is 109 Å². The fourth-order valence-corrected chi connectivity index (χ4v) is 1.23. The second-order valence-corrected chi connectivity index (χ2v) is 3.68. The third-order valence-corrected chi connectivity index (χ3v) is 2.18. The zero-order chi connectivity index (χ0) is 13.5. The van der Waals surface area contributed by atoms with Gasteiger partial charge in [0.2, 0.25) is 5.91 Å². The van der Waals surface area contributed by atoms with Crippen LogP contribution in [0, 0.1) is 22.0 Å². The minimum absolute atomic E-state index is 0.118. The Hall–Kier alpha value is -2.13. The number of hydrogen-bond donors (Lipinski definition) is 1. The lowest BCUT2D eigenvalue weighted by Crippen LogP contribution is -2.20. The molecule has 94 valence electrons. The van der Waals surface area contributed by atoms with E-state index in [1.807, 2.05) is 0 Å². The van der Waals surface area contributed by atoms with E-state index in [9.17, 15) is 14.9 Å². The Morgan fingerprint density at radius 1 is 1.67 bits per heavy atom. The van der Waals surface area contributed by atoms with Crippen molar-refractivity contribution < 1.29 is 9.72 Å². The normalized spacial score (nSPS) is 9.22. The molecule has 0 saturated heterocycles. The van der Waals surface area contributed by atoms with E-state index in [-0.39, 0.29) is 16.7 Å². The molecule has 0 atom stereocenters. The summed E-state index contributed by atoms with van der Waals surface area (Å²) in [5.74, 6) is 5.30. The van der Waals surface area contributed by atoms with E-state index >= 15 is 0 Å². The molecule has 18 heavy (non-hydrogen) atoms. The molecule has 0 spiro atoms. The number of nitro groups is 1. The molecule has 0 saturated carbocycles. The zero-order valence-electron chi connectivity index (χ0n) is 9.57. The summed E-state index contributed by atoms with van der Waals surface area (Å²) >= 11 is 5.76. The van der Waals surface area contributed by atoms with Crippen molar-refractivity contribution in [3.63, 3.8) is 0 Å². The molecule has 6 nitrogen and oxygen atoms in total. The number of hydrogen-bond acceptors (Lipinski definition) is 4. The van der Waals surface area contributed by atoms with E-state index in [4.69, 9.17) is 11.6 Å². The van der Waals surface area contributed by atoms with Crippen molar-refractivity contribution >= 4 is 23.2 Å². The van der Waals surface area contributed by atoms with Gasteiger partial charge in [-0.25, -0.2) is 4.98 Å². The second kappa shape index (κ2) is 6.57. The Morgan fingerprint density at radius 3 is 3.00 bits per heavy atom. The third kappa shape index (κ3) is 4.39. The Bertz CT molecular complexity index is 534. The lowest BCUT2D eigenvalue weighted by molar-refractivity contribution is -0.385. The summed E-state index contributed by atoms with van der Waals surface area (Å²) in [7, 11) is 0. The van der Waals surface area contributed by atoms with Crippen LogP contribution in [0.3, 0.4) is 0 Å². The molecule has 1 amide bonds. The number of halogens is 1. The summed E-state index contributed by atoms with van der Waals surface area (Å²) in [6.45, 7) is 1.83. The average molecular weight is 268 g/mol. The van der Waals surface area contributed by atoms with Gasteiger partial charge < -0.3 is 5.32 Å². The predicted octanol–water partition coefficient (Wildman–Crippen LogP) is 1.52. The number of pyridine rings is 1. The van der Waals surface area contributed by atoms with Crippen molar-refractivity contribution in [2.24, 2.45) is 0 Å². The maximum atomic E-state index is 10.6. The van der Waals surface area contributed by atoms with Gasteiger partial charge in [0.1, 0.15) is 11.3 Å².